The van der Waals surface area contributed by atoms with E-state index in [9.17, 15) is 66.6 Å². The molecule has 7 N–H and O–H groups in total. The van der Waals surface area contributed by atoms with Crippen molar-refractivity contribution >= 4 is 108 Å². The number of phenolic OH excluding ortho intramolecular Hbond substituents is 1. The summed E-state index contributed by atoms with van der Waals surface area (Å²) in [4.78, 5) is 22.5. The Bertz CT molecular complexity index is 3740. The number of fused-ring (bicyclic) bond motifs is 2. The van der Waals surface area contributed by atoms with E-state index in [1.165, 1.54) is 49.4 Å². The van der Waals surface area contributed by atoms with E-state index in [1.807, 2.05) is 0 Å². The van der Waals surface area contributed by atoms with E-state index in [4.69, 9.17) is 4.74 Å². The first kappa shape index (κ1) is 48.4. The molecule has 350 valence electrons. The van der Waals surface area contributed by atoms with Crippen LogP contribution in [0.2, 0.25) is 0 Å². The van der Waals surface area contributed by atoms with E-state index in [2.05, 4.69) is 31.1 Å². The molecule has 0 fully saturated rings. The van der Waals surface area contributed by atoms with Gasteiger partial charge in [-0.3, -0.25) is 27.8 Å². The van der Waals surface area contributed by atoms with Gasteiger partial charge in [-0.2, -0.15) is 33.7 Å². The van der Waals surface area contributed by atoms with Gasteiger partial charge in [0.05, 0.1) is 27.8 Å². The van der Waals surface area contributed by atoms with Crippen LogP contribution in [0.4, 0.5) is 34.1 Å². The second-order valence-electron chi connectivity index (χ2n) is 14.1. The highest BCUT2D eigenvalue weighted by atomic mass is 32.2. The van der Waals surface area contributed by atoms with Crippen LogP contribution in [0.1, 0.15) is 27.6 Å². The van der Waals surface area contributed by atoms with E-state index < -0.39 is 105 Å². The molecule has 7 rings (SSSR count). The zero-order valence-electron chi connectivity index (χ0n) is 34.4. The Kier molecular flexibility index (Phi) is 13.2. The van der Waals surface area contributed by atoms with Crippen LogP contribution >= 0.6 is 0 Å². The number of carbonyl (C=O) groups excluding carboxylic acids is 2. The molecule has 0 heterocycles. The molecule has 2 amide bonds. The Morgan fingerprint density at radius 3 is 1.69 bits per heavy atom. The summed E-state index contributed by atoms with van der Waals surface area (Å²) in [5.74, 6) is -2.78. The zero-order valence-corrected chi connectivity index (χ0v) is 37.7. The minimum absolute atomic E-state index is 0.0589. The normalized spacial score (nSPS) is 12.5. The van der Waals surface area contributed by atoms with Crippen LogP contribution in [0.25, 0.3) is 21.5 Å². The Morgan fingerprint density at radius 1 is 0.544 bits per heavy atom. The molecule has 0 bridgehead atoms. The molecule has 0 aliphatic carbocycles. The molecule has 22 nitrogen and oxygen atoms in total. The SMILES string of the molecule is CCOc1cc(N=Nc2ccc(NC(=O)c3ccccc3)cc2S(=O)(=O)O)c2cc(S(=O)(=O)O)ccc2c1N=Nc1c(S(=O)(=O)O)cc2cc(S(=O)(=O)O)cc(NC(=O)c3ccccc3)c2c1O. The summed E-state index contributed by atoms with van der Waals surface area (Å²) in [6, 6.07) is 24.8. The number of amides is 2. The summed E-state index contributed by atoms with van der Waals surface area (Å²) in [6.07, 6.45) is 0. The van der Waals surface area contributed by atoms with Gasteiger partial charge in [0.2, 0.25) is 0 Å². The third kappa shape index (κ3) is 10.5. The lowest BCUT2D eigenvalue weighted by molar-refractivity contribution is 0.101. The third-order valence-corrected chi connectivity index (χ3v) is 13.1. The number of rotatable bonds is 14. The predicted molar refractivity (Wildman–Crippen MR) is 244 cm³/mol. The molecule has 0 spiro atoms. The molecule has 68 heavy (non-hydrogen) atoms. The molecule has 7 aromatic carbocycles. The number of anilines is 2. The van der Waals surface area contributed by atoms with Crippen molar-refractivity contribution in [3.8, 4) is 11.5 Å². The molecular weight excluding hydrogens is 973 g/mol. The fourth-order valence-electron chi connectivity index (χ4n) is 6.62. The van der Waals surface area contributed by atoms with Crippen molar-refractivity contribution in [2.24, 2.45) is 20.5 Å². The maximum atomic E-state index is 13.3. The molecule has 0 radical (unpaired) electrons. The Balaban J connectivity index is 1.41. The van der Waals surface area contributed by atoms with Crippen LogP contribution < -0.4 is 15.4 Å². The van der Waals surface area contributed by atoms with Crippen LogP contribution in [0.5, 0.6) is 11.5 Å². The van der Waals surface area contributed by atoms with Gasteiger partial charge in [0.25, 0.3) is 52.3 Å². The highest BCUT2D eigenvalue weighted by molar-refractivity contribution is 7.86. The summed E-state index contributed by atoms with van der Waals surface area (Å²) in [6.45, 7) is 1.41. The molecule has 0 saturated carbocycles. The Labute approximate surface area is 385 Å². The van der Waals surface area contributed by atoms with Gasteiger partial charge >= 0.3 is 0 Å². The second-order valence-corrected chi connectivity index (χ2v) is 19.8. The number of nitrogens with one attached hydrogen (secondary N) is 2. The van der Waals surface area contributed by atoms with Gasteiger partial charge < -0.3 is 20.5 Å². The Hall–Kier alpha value is -7.56. The number of ether oxygens (including phenoxy) is 1. The number of benzene rings is 7. The van der Waals surface area contributed by atoms with Crippen molar-refractivity contribution in [2.45, 2.75) is 26.5 Å². The molecule has 7 aromatic rings. The maximum absolute atomic E-state index is 13.3. The fourth-order valence-corrected chi connectivity index (χ4v) is 8.98. The summed E-state index contributed by atoms with van der Waals surface area (Å²) in [5, 5.41) is 31.6. The first-order chi connectivity index (χ1) is 31.9. The number of nitrogens with zero attached hydrogens (tertiary/aromatic N) is 4. The Morgan fingerprint density at radius 2 is 1.12 bits per heavy atom. The molecule has 0 aliphatic rings. The molecule has 0 atom stereocenters. The van der Waals surface area contributed by atoms with Crippen molar-refractivity contribution in [3.63, 3.8) is 0 Å². The van der Waals surface area contributed by atoms with Gasteiger partial charge in [-0.25, -0.2) is 0 Å². The van der Waals surface area contributed by atoms with E-state index in [0.717, 1.165) is 48.5 Å². The summed E-state index contributed by atoms with van der Waals surface area (Å²) in [7, 11) is -20.4. The first-order valence-corrected chi connectivity index (χ1v) is 24.9. The van der Waals surface area contributed by atoms with Crippen LogP contribution in [0.3, 0.4) is 0 Å². The third-order valence-electron chi connectivity index (χ3n) is 9.65. The van der Waals surface area contributed by atoms with E-state index in [-0.39, 0.29) is 51.3 Å². The maximum Gasteiger partial charge on any atom is 0.296 e. The van der Waals surface area contributed by atoms with Crippen molar-refractivity contribution in [1.82, 2.24) is 0 Å². The quantitative estimate of drug-likeness (QED) is 0.0397. The second kappa shape index (κ2) is 18.6. The topological polar surface area (TPSA) is 355 Å². The van der Waals surface area contributed by atoms with Gasteiger partial charge in [0, 0.05) is 39.0 Å². The van der Waals surface area contributed by atoms with Crippen LogP contribution in [0, 0.1) is 0 Å². The van der Waals surface area contributed by atoms with Gasteiger partial charge in [-0.05, 0) is 85.1 Å². The number of azo groups is 2. The minimum Gasteiger partial charge on any atom is -0.505 e. The highest BCUT2D eigenvalue weighted by Crippen LogP contribution is 2.48. The van der Waals surface area contributed by atoms with Gasteiger partial charge in [-0.15, -0.1) is 20.5 Å². The number of hydrogen-bond acceptors (Lipinski definition) is 16. The van der Waals surface area contributed by atoms with Gasteiger partial charge in [-0.1, -0.05) is 42.5 Å². The average Bonchev–Trinajstić information content (AvgIpc) is 3.27. The van der Waals surface area contributed by atoms with E-state index in [1.54, 1.807) is 24.3 Å². The molecule has 26 heteroatoms. The van der Waals surface area contributed by atoms with Crippen molar-refractivity contribution < 1.29 is 71.3 Å². The smallest absolute Gasteiger partial charge is 0.296 e. The number of phenols is 1. The molecular formula is C42H32N6O16S4. The lowest BCUT2D eigenvalue weighted by atomic mass is 10.1. The van der Waals surface area contributed by atoms with Crippen LogP contribution in [-0.4, -0.2) is 75.4 Å². The molecule has 0 aromatic heterocycles. The zero-order chi connectivity index (χ0) is 49.3. The van der Waals surface area contributed by atoms with Gasteiger partial charge in [0.1, 0.15) is 32.6 Å². The average molecular weight is 1010 g/mol. The standard InChI is InChI=1S/C42H32N6O16S4/c1-2-64-34-22-32(46-45-31-16-13-26(19-35(31)67(58,59)60)43-41(50)23-9-5-3-6-10-23)30-20-27(65(52,53)54)14-15-29(30)38(34)47-48-39-36(68(61,62)63)18-25-17-28(66(55,56)57)21-33(37(25)40(39)49)44-42(51)24-11-7-4-8-12-24/h3-22,49H,2H2,1H3,(H,43,50)(H,44,51)(H,52,53,54)(H,55,56,57)(H,58,59,60)(H,61,62,63). The molecule has 0 aliphatic heterocycles. The van der Waals surface area contributed by atoms with Crippen molar-refractivity contribution in [2.75, 3.05) is 17.2 Å². The fraction of sp³-hybridized carbons (Fsp3) is 0.0476. The number of hydrogen-bond donors (Lipinski definition) is 7. The highest BCUT2D eigenvalue weighted by Gasteiger charge is 2.27. The minimum atomic E-state index is -5.39. The number of aromatic hydroxyl groups is 1. The van der Waals surface area contributed by atoms with E-state index >= 15 is 0 Å². The summed E-state index contributed by atoms with van der Waals surface area (Å²) in [5.41, 5.74) is -2.32. The van der Waals surface area contributed by atoms with Crippen LogP contribution in [0.15, 0.2) is 161 Å². The molecule has 0 saturated heterocycles. The summed E-state index contributed by atoms with van der Waals surface area (Å²) >= 11 is 0. The largest absolute Gasteiger partial charge is 0.505 e. The lowest BCUT2D eigenvalue weighted by Crippen LogP contribution is -2.13. The molecule has 0 unspecified atom stereocenters. The van der Waals surface area contributed by atoms with Crippen LogP contribution in [-0.2, 0) is 40.5 Å². The van der Waals surface area contributed by atoms with E-state index in [0.29, 0.717) is 6.07 Å². The predicted octanol–water partition coefficient (Wildman–Crippen LogP) is 8.42. The first-order valence-electron chi connectivity index (χ1n) is 19.1. The lowest BCUT2D eigenvalue weighted by Gasteiger charge is -2.15. The van der Waals surface area contributed by atoms with Crippen molar-refractivity contribution in [3.05, 3.63) is 132 Å². The van der Waals surface area contributed by atoms with Crippen molar-refractivity contribution in [1.29, 1.82) is 0 Å². The summed E-state index contributed by atoms with van der Waals surface area (Å²) < 4.78 is 146. The number of carbonyl (C=O) groups is 2. The monoisotopic (exact) mass is 1000 g/mol. The van der Waals surface area contributed by atoms with Gasteiger partial charge in [0.15, 0.2) is 5.75 Å².